The van der Waals surface area contributed by atoms with E-state index in [1.54, 1.807) is 44.3 Å². The SMILES string of the molecule is CC1Oc2ccc(C(=O)C(C)S(=O)(=O)CC(=O)Nc3ccccc3)cc2N(C)C1=O. The summed E-state index contributed by atoms with van der Waals surface area (Å²) < 4.78 is 30.8. The summed E-state index contributed by atoms with van der Waals surface area (Å²) in [5, 5.41) is 1.07. The lowest BCUT2D eigenvalue weighted by Gasteiger charge is -2.30. The van der Waals surface area contributed by atoms with Gasteiger partial charge in [0.15, 0.2) is 21.7 Å². The van der Waals surface area contributed by atoms with Crippen molar-refractivity contribution in [2.75, 3.05) is 23.0 Å². The Hall–Kier alpha value is -3.20. The number of para-hydroxylation sites is 1. The Morgan fingerprint density at radius 1 is 1.17 bits per heavy atom. The number of carbonyl (C=O) groups excluding carboxylic acids is 3. The van der Waals surface area contributed by atoms with Gasteiger partial charge in [0.25, 0.3) is 5.91 Å². The molecule has 0 aliphatic carbocycles. The molecule has 9 heteroatoms. The fraction of sp³-hybridized carbons (Fsp3) is 0.286. The van der Waals surface area contributed by atoms with Crippen LogP contribution in [0.25, 0.3) is 0 Å². The number of hydrogen-bond donors (Lipinski definition) is 1. The number of ether oxygens (including phenoxy) is 1. The van der Waals surface area contributed by atoms with Gasteiger partial charge < -0.3 is 15.0 Å². The summed E-state index contributed by atoms with van der Waals surface area (Å²) in [5.74, 6) is -2.05. The van der Waals surface area contributed by atoms with Crippen LogP contribution < -0.4 is 15.0 Å². The monoisotopic (exact) mass is 430 g/mol. The number of Topliss-reactive ketones (excluding diaryl/α,β-unsaturated/α-hetero) is 1. The van der Waals surface area contributed by atoms with Crippen molar-refractivity contribution in [2.24, 2.45) is 0 Å². The Labute approximate surface area is 174 Å². The molecule has 1 aliphatic rings. The van der Waals surface area contributed by atoms with Crippen molar-refractivity contribution in [3.8, 4) is 5.75 Å². The van der Waals surface area contributed by atoms with Crippen molar-refractivity contribution in [1.29, 1.82) is 0 Å². The third kappa shape index (κ3) is 4.35. The van der Waals surface area contributed by atoms with Gasteiger partial charge in [-0.05, 0) is 44.2 Å². The molecule has 158 valence electrons. The highest BCUT2D eigenvalue weighted by molar-refractivity contribution is 7.93. The maximum atomic E-state index is 12.8. The highest BCUT2D eigenvalue weighted by Gasteiger charge is 2.33. The molecule has 3 rings (SSSR count). The Bertz CT molecular complexity index is 1100. The van der Waals surface area contributed by atoms with Gasteiger partial charge in [-0.1, -0.05) is 18.2 Å². The second-order valence-corrected chi connectivity index (χ2v) is 9.39. The lowest BCUT2D eigenvalue weighted by Crippen LogP contribution is -2.42. The molecule has 30 heavy (non-hydrogen) atoms. The van der Waals surface area contributed by atoms with Crippen molar-refractivity contribution in [3.63, 3.8) is 0 Å². The van der Waals surface area contributed by atoms with Crippen LogP contribution in [0.1, 0.15) is 24.2 Å². The van der Waals surface area contributed by atoms with E-state index in [9.17, 15) is 22.8 Å². The van der Waals surface area contributed by atoms with E-state index in [1.165, 1.54) is 30.0 Å². The number of fused-ring (bicyclic) bond motifs is 1. The van der Waals surface area contributed by atoms with Crippen LogP contribution in [0.15, 0.2) is 48.5 Å². The van der Waals surface area contributed by atoms with Crippen molar-refractivity contribution >= 4 is 38.8 Å². The van der Waals surface area contributed by atoms with Crippen LogP contribution in [0.2, 0.25) is 0 Å². The molecule has 0 bridgehead atoms. The molecule has 2 aromatic carbocycles. The fourth-order valence-corrected chi connectivity index (χ4v) is 4.24. The number of carbonyl (C=O) groups is 3. The smallest absolute Gasteiger partial charge is 0.267 e. The number of nitrogens with one attached hydrogen (secondary N) is 1. The van der Waals surface area contributed by atoms with Crippen molar-refractivity contribution < 1.29 is 27.5 Å². The number of hydrogen-bond acceptors (Lipinski definition) is 6. The Balaban J connectivity index is 1.76. The first kappa shape index (κ1) is 21.5. The minimum atomic E-state index is -4.05. The largest absolute Gasteiger partial charge is 0.479 e. The zero-order chi connectivity index (χ0) is 22.1. The lowest BCUT2D eigenvalue weighted by molar-refractivity contribution is -0.125. The molecule has 8 nitrogen and oxygen atoms in total. The number of likely N-dealkylation sites (N-methyl/N-ethyl adjacent to an activating group) is 1. The molecule has 2 unspecified atom stereocenters. The molecule has 1 N–H and O–H groups in total. The third-order valence-electron chi connectivity index (χ3n) is 4.88. The molecular weight excluding hydrogens is 408 g/mol. The molecule has 2 atom stereocenters. The van der Waals surface area contributed by atoms with Gasteiger partial charge in [-0.2, -0.15) is 0 Å². The Morgan fingerprint density at radius 3 is 2.50 bits per heavy atom. The average Bonchev–Trinajstić information content (AvgIpc) is 2.71. The topological polar surface area (TPSA) is 110 Å². The first-order valence-corrected chi connectivity index (χ1v) is 11.0. The van der Waals surface area contributed by atoms with Gasteiger partial charge in [-0.15, -0.1) is 0 Å². The standard InChI is InChI=1S/C21H22N2O6S/c1-13-21(26)23(3)17-11-15(9-10-18(17)29-13)20(25)14(2)30(27,28)12-19(24)22-16-7-5-4-6-8-16/h4-11,13-14H,12H2,1-3H3,(H,22,24). The van der Waals surface area contributed by atoms with Crippen LogP contribution in [0.3, 0.4) is 0 Å². The number of benzene rings is 2. The second kappa shape index (κ2) is 8.27. The van der Waals surface area contributed by atoms with Crippen LogP contribution in [0.4, 0.5) is 11.4 Å². The van der Waals surface area contributed by atoms with Crippen molar-refractivity contribution in [1.82, 2.24) is 0 Å². The molecule has 0 saturated carbocycles. The van der Waals surface area contributed by atoms with E-state index in [-0.39, 0.29) is 11.5 Å². The Kier molecular flexibility index (Phi) is 5.93. The molecular formula is C21H22N2O6S. The number of ketones is 1. The number of sulfone groups is 1. The summed E-state index contributed by atoms with van der Waals surface area (Å²) >= 11 is 0. The maximum Gasteiger partial charge on any atom is 0.267 e. The van der Waals surface area contributed by atoms with Crippen molar-refractivity contribution in [3.05, 3.63) is 54.1 Å². The summed E-state index contributed by atoms with van der Waals surface area (Å²) in [6.45, 7) is 2.87. The summed E-state index contributed by atoms with van der Waals surface area (Å²) in [6.07, 6.45) is -0.647. The van der Waals surface area contributed by atoms with Gasteiger partial charge in [0.05, 0.1) is 5.69 Å². The summed E-state index contributed by atoms with van der Waals surface area (Å²) in [7, 11) is -2.50. The van der Waals surface area contributed by atoms with Crippen LogP contribution in [0.5, 0.6) is 5.75 Å². The molecule has 2 amide bonds. The number of nitrogens with zero attached hydrogens (tertiary/aromatic N) is 1. The van der Waals surface area contributed by atoms with Crippen LogP contribution in [-0.2, 0) is 19.4 Å². The van der Waals surface area contributed by atoms with E-state index < -0.39 is 38.6 Å². The molecule has 2 aromatic rings. The fourth-order valence-electron chi connectivity index (χ4n) is 3.09. The normalized spacial score (nSPS) is 17.0. The average molecular weight is 430 g/mol. The van der Waals surface area contributed by atoms with E-state index >= 15 is 0 Å². The van der Waals surface area contributed by atoms with Crippen LogP contribution in [-0.4, -0.2) is 50.2 Å². The predicted octanol–water partition coefficient (Wildman–Crippen LogP) is 2.05. The van der Waals surface area contributed by atoms with Gasteiger partial charge in [-0.3, -0.25) is 14.4 Å². The molecule has 0 radical (unpaired) electrons. The minimum absolute atomic E-state index is 0.117. The Morgan fingerprint density at radius 2 is 1.83 bits per heavy atom. The molecule has 1 aliphatic heterocycles. The molecule has 0 saturated heterocycles. The molecule has 0 spiro atoms. The molecule has 0 fully saturated rings. The molecule has 1 heterocycles. The summed E-state index contributed by atoms with van der Waals surface area (Å²) in [5.41, 5.74) is 0.967. The lowest BCUT2D eigenvalue weighted by atomic mass is 10.1. The molecule has 0 aromatic heterocycles. The number of anilines is 2. The van der Waals surface area contributed by atoms with Gasteiger partial charge >= 0.3 is 0 Å². The predicted molar refractivity (Wildman–Crippen MR) is 113 cm³/mol. The van der Waals surface area contributed by atoms with E-state index in [4.69, 9.17) is 4.74 Å². The van der Waals surface area contributed by atoms with E-state index in [1.807, 2.05) is 0 Å². The van der Waals surface area contributed by atoms with E-state index in [0.29, 0.717) is 17.1 Å². The minimum Gasteiger partial charge on any atom is -0.479 e. The first-order chi connectivity index (χ1) is 14.1. The van der Waals surface area contributed by atoms with Gasteiger partial charge in [0.1, 0.15) is 16.8 Å². The van der Waals surface area contributed by atoms with Gasteiger partial charge in [0, 0.05) is 18.3 Å². The van der Waals surface area contributed by atoms with Crippen LogP contribution >= 0.6 is 0 Å². The van der Waals surface area contributed by atoms with E-state index in [0.717, 1.165) is 0 Å². The highest BCUT2D eigenvalue weighted by atomic mass is 32.2. The quantitative estimate of drug-likeness (QED) is 0.703. The van der Waals surface area contributed by atoms with Gasteiger partial charge in [-0.25, -0.2) is 8.42 Å². The first-order valence-electron chi connectivity index (χ1n) is 9.29. The summed E-state index contributed by atoms with van der Waals surface area (Å²) in [4.78, 5) is 38.4. The summed E-state index contributed by atoms with van der Waals surface area (Å²) in [6, 6.07) is 12.9. The number of amides is 2. The second-order valence-electron chi connectivity index (χ2n) is 7.07. The van der Waals surface area contributed by atoms with Crippen LogP contribution in [0, 0.1) is 0 Å². The number of rotatable bonds is 6. The maximum absolute atomic E-state index is 12.8. The van der Waals surface area contributed by atoms with Gasteiger partial charge in [0.2, 0.25) is 5.91 Å². The zero-order valence-corrected chi connectivity index (χ0v) is 17.6. The van der Waals surface area contributed by atoms with E-state index in [2.05, 4.69) is 5.32 Å². The highest BCUT2D eigenvalue weighted by Crippen LogP contribution is 2.34. The third-order valence-corrected chi connectivity index (χ3v) is 6.84. The van der Waals surface area contributed by atoms with Crippen molar-refractivity contribution in [2.45, 2.75) is 25.2 Å². The zero-order valence-electron chi connectivity index (χ0n) is 16.8.